The van der Waals surface area contributed by atoms with Gasteiger partial charge in [0, 0.05) is 5.92 Å². The van der Waals surface area contributed by atoms with Gasteiger partial charge in [0.05, 0.1) is 6.04 Å². The minimum Gasteiger partial charge on any atom is -0.370 e. The van der Waals surface area contributed by atoms with Gasteiger partial charge in [0.15, 0.2) is 5.96 Å². The Morgan fingerprint density at radius 1 is 1.50 bits per heavy atom. The molecule has 0 spiro atoms. The van der Waals surface area contributed by atoms with Crippen molar-refractivity contribution < 1.29 is 4.79 Å². The second kappa shape index (κ2) is 2.68. The normalized spacial score (nSPS) is 30.4. The van der Waals surface area contributed by atoms with Crippen molar-refractivity contribution >= 4 is 12.2 Å². The Morgan fingerprint density at radius 3 is 2.50 bits per heavy atom. The zero-order valence-electron chi connectivity index (χ0n) is 5.66. The van der Waals surface area contributed by atoms with Crippen LogP contribution in [0.4, 0.5) is 0 Å². The molecule has 0 aliphatic heterocycles. The Bertz CT molecular complexity index is 162. The largest absolute Gasteiger partial charge is 0.370 e. The van der Waals surface area contributed by atoms with E-state index in [9.17, 15) is 4.79 Å². The van der Waals surface area contributed by atoms with Crippen LogP contribution in [0.3, 0.4) is 0 Å². The summed E-state index contributed by atoms with van der Waals surface area (Å²) in [6.45, 7) is 0. The lowest BCUT2D eigenvalue weighted by molar-refractivity contribution is -0.113. The van der Waals surface area contributed by atoms with Crippen molar-refractivity contribution in [2.45, 2.75) is 18.9 Å². The quantitative estimate of drug-likeness (QED) is 0.301. The molecule has 4 nitrogen and oxygen atoms in total. The van der Waals surface area contributed by atoms with Gasteiger partial charge in [-0.3, -0.25) is 0 Å². The van der Waals surface area contributed by atoms with Crippen molar-refractivity contribution in [1.82, 2.24) is 0 Å². The molecule has 4 heteroatoms. The van der Waals surface area contributed by atoms with E-state index in [0.717, 1.165) is 19.1 Å². The molecule has 0 unspecified atom stereocenters. The molecule has 0 aromatic rings. The summed E-state index contributed by atoms with van der Waals surface area (Å²) in [6, 6.07) is 0.0579. The molecule has 1 rings (SSSR count). The summed E-state index contributed by atoms with van der Waals surface area (Å²) < 4.78 is 0. The maximum atomic E-state index is 10.2. The van der Waals surface area contributed by atoms with Crippen LogP contribution in [0.2, 0.25) is 0 Å². The summed E-state index contributed by atoms with van der Waals surface area (Å²) in [7, 11) is 0. The van der Waals surface area contributed by atoms with Gasteiger partial charge in [-0.05, 0) is 12.8 Å². The van der Waals surface area contributed by atoms with E-state index in [2.05, 4.69) is 4.99 Å². The van der Waals surface area contributed by atoms with Gasteiger partial charge in [-0.15, -0.1) is 0 Å². The molecule has 1 saturated carbocycles. The van der Waals surface area contributed by atoms with Gasteiger partial charge < -0.3 is 16.3 Å². The first-order valence-electron chi connectivity index (χ1n) is 3.28. The van der Waals surface area contributed by atoms with E-state index >= 15 is 0 Å². The van der Waals surface area contributed by atoms with Crippen LogP contribution >= 0.6 is 0 Å². The number of hydrogen-bond acceptors (Lipinski definition) is 2. The van der Waals surface area contributed by atoms with Crippen LogP contribution in [0.5, 0.6) is 0 Å². The van der Waals surface area contributed by atoms with Crippen molar-refractivity contribution in [3.8, 4) is 0 Å². The molecule has 56 valence electrons. The van der Waals surface area contributed by atoms with Crippen LogP contribution in [0.25, 0.3) is 0 Å². The zero-order chi connectivity index (χ0) is 7.56. The lowest BCUT2D eigenvalue weighted by Gasteiger charge is -2.28. The van der Waals surface area contributed by atoms with Crippen molar-refractivity contribution in [1.29, 1.82) is 0 Å². The van der Waals surface area contributed by atoms with Gasteiger partial charge in [0.25, 0.3) is 0 Å². The monoisotopic (exact) mass is 141 g/mol. The zero-order valence-corrected chi connectivity index (χ0v) is 5.66. The van der Waals surface area contributed by atoms with Gasteiger partial charge in [-0.25, -0.2) is 4.99 Å². The van der Waals surface area contributed by atoms with Crippen LogP contribution in [-0.4, -0.2) is 18.3 Å². The predicted octanol–water partition coefficient (Wildman–Crippen LogP) is -0.763. The third-order valence-corrected chi connectivity index (χ3v) is 1.78. The number of carbonyl (C=O) groups excluding carboxylic acids is 1. The molecule has 1 aliphatic carbocycles. The highest BCUT2D eigenvalue weighted by molar-refractivity contribution is 5.76. The first-order chi connectivity index (χ1) is 4.74. The van der Waals surface area contributed by atoms with Crippen molar-refractivity contribution in [2.75, 3.05) is 0 Å². The fraction of sp³-hybridized carbons (Fsp3) is 0.667. The first-order valence-corrected chi connectivity index (χ1v) is 3.28. The second-order valence-corrected chi connectivity index (χ2v) is 2.50. The third-order valence-electron chi connectivity index (χ3n) is 1.78. The smallest absolute Gasteiger partial charge is 0.186 e. The summed E-state index contributed by atoms with van der Waals surface area (Å²) in [5.41, 5.74) is 10.3. The Kier molecular flexibility index (Phi) is 1.89. The van der Waals surface area contributed by atoms with Crippen LogP contribution in [0.15, 0.2) is 4.99 Å². The third kappa shape index (κ3) is 1.26. The highest BCUT2D eigenvalue weighted by atomic mass is 16.1. The van der Waals surface area contributed by atoms with E-state index in [1.54, 1.807) is 0 Å². The second-order valence-electron chi connectivity index (χ2n) is 2.50. The SMILES string of the molecule is NC(N)=N[C@@H]1CC[C@@H]1C=O. The maximum Gasteiger partial charge on any atom is 0.186 e. The highest BCUT2D eigenvalue weighted by Crippen LogP contribution is 2.27. The predicted molar refractivity (Wildman–Crippen MR) is 38.4 cm³/mol. The van der Waals surface area contributed by atoms with E-state index < -0.39 is 0 Å². The molecule has 1 fully saturated rings. The van der Waals surface area contributed by atoms with Gasteiger partial charge in [-0.1, -0.05) is 0 Å². The topological polar surface area (TPSA) is 81.5 Å². The standard InChI is InChI=1S/C6H11N3O/c7-6(8)9-5-2-1-4(5)3-10/h3-5H,1-2H2,(H4,7,8,9)/t4-,5-/m1/s1. The average Bonchev–Trinajstić information content (AvgIpc) is 1.82. The number of guanidine groups is 1. The van der Waals surface area contributed by atoms with E-state index in [1.807, 2.05) is 0 Å². The maximum absolute atomic E-state index is 10.2. The highest BCUT2D eigenvalue weighted by Gasteiger charge is 2.29. The van der Waals surface area contributed by atoms with E-state index in [4.69, 9.17) is 11.5 Å². The fourth-order valence-corrected chi connectivity index (χ4v) is 1.02. The van der Waals surface area contributed by atoms with Crippen molar-refractivity contribution in [3.63, 3.8) is 0 Å². The molecule has 0 bridgehead atoms. The summed E-state index contributed by atoms with van der Waals surface area (Å²) in [5, 5.41) is 0. The summed E-state index contributed by atoms with van der Waals surface area (Å²) in [5.74, 6) is 0.138. The molecule has 0 aromatic heterocycles. The Labute approximate surface area is 59.3 Å². The van der Waals surface area contributed by atoms with E-state index in [-0.39, 0.29) is 17.9 Å². The summed E-state index contributed by atoms with van der Waals surface area (Å²) in [6.07, 6.45) is 2.77. The molecule has 2 atom stereocenters. The molecular formula is C6H11N3O. The summed E-state index contributed by atoms with van der Waals surface area (Å²) >= 11 is 0. The molecule has 0 saturated heterocycles. The molecule has 0 radical (unpaired) electrons. The van der Waals surface area contributed by atoms with Crippen LogP contribution < -0.4 is 11.5 Å². The van der Waals surface area contributed by atoms with Crippen LogP contribution in [0.1, 0.15) is 12.8 Å². The molecule has 0 amide bonds. The molecule has 4 N–H and O–H groups in total. The van der Waals surface area contributed by atoms with Gasteiger partial charge in [-0.2, -0.15) is 0 Å². The average molecular weight is 141 g/mol. The number of aldehydes is 1. The lowest BCUT2D eigenvalue weighted by atomic mass is 9.81. The van der Waals surface area contributed by atoms with Crippen molar-refractivity contribution in [3.05, 3.63) is 0 Å². The first kappa shape index (κ1) is 7.05. The molecular weight excluding hydrogens is 130 g/mol. The van der Waals surface area contributed by atoms with Crippen molar-refractivity contribution in [2.24, 2.45) is 22.4 Å². The van der Waals surface area contributed by atoms with Crippen LogP contribution in [-0.2, 0) is 4.79 Å². The number of nitrogens with two attached hydrogens (primary N) is 2. The van der Waals surface area contributed by atoms with E-state index in [1.165, 1.54) is 0 Å². The Hall–Kier alpha value is -1.06. The summed E-state index contributed by atoms with van der Waals surface area (Å²) in [4.78, 5) is 14.1. The number of carbonyl (C=O) groups is 1. The number of rotatable bonds is 2. The van der Waals surface area contributed by atoms with Crippen LogP contribution in [0, 0.1) is 5.92 Å². The van der Waals surface area contributed by atoms with Gasteiger partial charge >= 0.3 is 0 Å². The minimum absolute atomic E-state index is 0.0575. The number of aliphatic imine (C=N–C) groups is 1. The Morgan fingerprint density at radius 2 is 2.20 bits per heavy atom. The Balaban J connectivity index is 2.43. The van der Waals surface area contributed by atoms with Gasteiger partial charge in [0.2, 0.25) is 0 Å². The molecule has 0 aromatic carbocycles. The number of nitrogens with zero attached hydrogens (tertiary/aromatic N) is 1. The number of hydrogen-bond donors (Lipinski definition) is 2. The fourth-order valence-electron chi connectivity index (χ4n) is 1.02. The molecule has 0 heterocycles. The minimum atomic E-state index is 0.0575. The lowest BCUT2D eigenvalue weighted by Crippen LogP contribution is -2.35. The molecule has 1 aliphatic rings. The van der Waals surface area contributed by atoms with E-state index in [0.29, 0.717) is 0 Å². The molecule has 10 heavy (non-hydrogen) atoms. The van der Waals surface area contributed by atoms with Gasteiger partial charge in [0.1, 0.15) is 6.29 Å².